The van der Waals surface area contributed by atoms with Gasteiger partial charge in [-0.05, 0) is 12.1 Å². The molecule has 0 N–H and O–H groups in total. The van der Waals surface area contributed by atoms with Gasteiger partial charge in [0.1, 0.15) is 5.69 Å². The zero-order chi connectivity index (χ0) is 8.39. The minimum absolute atomic E-state index is 0.424. The fourth-order valence-corrected chi connectivity index (χ4v) is 0.842. The lowest BCUT2D eigenvalue weighted by Crippen LogP contribution is -2.08. The van der Waals surface area contributed by atoms with Gasteiger partial charge in [-0.15, -0.1) is 0 Å². The van der Waals surface area contributed by atoms with Crippen molar-refractivity contribution in [3.05, 3.63) is 24.0 Å². The largest absolute Gasteiger partial charge is 0.359 e. The summed E-state index contributed by atoms with van der Waals surface area (Å²) in [7, 11) is 0. The van der Waals surface area contributed by atoms with Gasteiger partial charge in [-0.25, -0.2) is 0 Å². The zero-order valence-electron chi connectivity index (χ0n) is 5.91. The monoisotopic (exact) mass is 164 g/mol. The van der Waals surface area contributed by atoms with Crippen LogP contribution in [0.2, 0.25) is 0 Å². The lowest BCUT2D eigenvalue weighted by Gasteiger charge is -2.00. The second kappa shape index (κ2) is 2.65. The normalized spacial score (nSPS) is 21.0. The quantitative estimate of drug-likeness (QED) is 0.603. The number of hydrogen-bond donors (Lipinski definition) is 0. The first-order valence-electron chi connectivity index (χ1n) is 3.26. The summed E-state index contributed by atoms with van der Waals surface area (Å²) in [6, 6.07) is 3.29. The minimum Gasteiger partial charge on any atom is -0.359 e. The first kappa shape index (κ1) is 6.84. The molecule has 60 valence electrons. The highest BCUT2D eigenvalue weighted by Gasteiger charge is 2.28. The maximum Gasteiger partial charge on any atom is 0.317 e. The number of rotatable bonds is 1. The van der Waals surface area contributed by atoms with Crippen LogP contribution in [-0.2, 0) is 9.63 Å². The molecule has 12 heavy (non-hydrogen) atoms. The third kappa shape index (κ3) is 1.03. The molecule has 1 amide bonds. The van der Waals surface area contributed by atoms with Crippen LogP contribution in [0.3, 0.4) is 0 Å². The molecular weight excluding hydrogens is 160 g/mol. The SMILES string of the molecule is O=C1N=NOC1c1cccnn1. The Balaban J connectivity index is 2.27. The molecule has 0 aliphatic carbocycles. The van der Waals surface area contributed by atoms with E-state index in [-0.39, 0.29) is 0 Å². The number of hydrogen-bond acceptors (Lipinski definition) is 5. The van der Waals surface area contributed by atoms with Crippen LogP contribution >= 0.6 is 0 Å². The summed E-state index contributed by atoms with van der Waals surface area (Å²) >= 11 is 0. The van der Waals surface area contributed by atoms with Crippen molar-refractivity contribution in [2.75, 3.05) is 0 Å². The molecule has 1 aromatic rings. The highest BCUT2D eigenvalue weighted by atomic mass is 16.7. The number of amides is 1. The maximum absolute atomic E-state index is 10.9. The van der Waals surface area contributed by atoms with Gasteiger partial charge in [0, 0.05) is 11.5 Å². The van der Waals surface area contributed by atoms with Gasteiger partial charge in [-0.1, -0.05) is 5.11 Å². The second-order valence-corrected chi connectivity index (χ2v) is 2.15. The lowest BCUT2D eigenvalue weighted by molar-refractivity contribution is -0.124. The summed E-state index contributed by atoms with van der Waals surface area (Å²) in [5.74, 6) is -0.449. The Bertz CT molecular complexity index is 324. The van der Waals surface area contributed by atoms with Gasteiger partial charge in [-0.2, -0.15) is 10.2 Å². The van der Waals surface area contributed by atoms with E-state index in [9.17, 15) is 4.79 Å². The molecule has 1 aliphatic rings. The molecular formula is C6H4N4O2. The van der Waals surface area contributed by atoms with Crippen LogP contribution in [0.25, 0.3) is 0 Å². The van der Waals surface area contributed by atoms with Crippen molar-refractivity contribution in [2.24, 2.45) is 10.4 Å². The summed E-state index contributed by atoms with van der Waals surface area (Å²) in [6.07, 6.45) is 0.704. The molecule has 0 spiro atoms. The predicted octanol–water partition coefficient (Wildman–Crippen LogP) is 0.442. The Morgan fingerprint density at radius 1 is 1.50 bits per heavy atom. The second-order valence-electron chi connectivity index (χ2n) is 2.15. The van der Waals surface area contributed by atoms with Crippen LogP contribution in [0.1, 0.15) is 11.8 Å². The Morgan fingerprint density at radius 3 is 3.00 bits per heavy atom. The fraction of sp³-hybridized carbons (Fsp3) is 0.167. The summed E-state index contributed by atoms with van der Waals surface area (Å²) in [5.41, 5.74) is 0.424. The van der Waals surface area contributed by atoms with Gasteiger partial charge in [0.05, 0.1) is 0 Å². The van der Waals surface area contributed by atoms with Crippen LogP contribution in [-0.4, -0.2) is 16.1 Å². The van der Waals surface area contributed by atoms with Crippen molar-refractivity contribution < 1.29 is 9.63 Å². The van der Waals surface area contributed by atoms with E-state index in [0.717, 1.165) is 0 Å². The summed E-state index contributed by atoms with van der Waals surface area (Å²) < 4.78 is 0. The third-order valence-corrected chi connectivity index (χ3v) is 1.38. The molecule has 0 radical (unpaired) electrons. The Morgan fingerprint density at radius 2 is 2.42 bits per heavy atom. The van der Waals surface area contributed by atoms with Crippen molar-refractivity contribution in [1.29, 1.82) is 0 Å². The summed E-state index contributed by atoms with van der Waals surface area (Å²) in [6.45, 7) is 0. The van der Waals surface area contributed by atoms with Crippen LogP contribution in [0, 0.1) is 0 Å². The zero-order valence-corrected chi connectivity index (χ0v) is 5.91. The van der Waals surface area contributed by atoms with E-state index in [1.54, 1.807) is 12.1 Å². The van der Waals surface area contributed by atoms with E-state index in [1.165, 1.54) is 6.20 Å². The van der Waals surface area contributed by atoms with E-state index >= 15 is 0 Å². The topological polar surface area (TPSA) is 76.8 Å². The van der Waals surface area contributed by atoms with Crippen molar-refractivity contribution in [1.82, 2.24) is 10.2 Å². The molecule has 1 atom stereocenters. The Labute approximate surface area is 67.2 Å². The first-order chi connectivity index (χ1) is 5.88. The number of carbonyl (C=O) groups is 1. The molecule has 1 aromatic heterocycles. The summed E-state index contributed by atoms with van der Waals surface area (Å²) in [5, 5.41) is 13.6. The molecule has 1 aliphatic heterocycles. The van der Waals surface area contributed by atoms with Gasteiger partial charge >= 0.3 is 5.91 Å². The third-order valence-electron chi connectivity index (χ3n) is 1.38. The minimum atomic E-state index is -0.807. The smallest absolute Gasteiger partial charge is 0.317 e. The van der Waals surface area contributed by atoms with Gasteiger partial charge in [0.15, 0.2) is 0 Å². The lowest BCUT2D eigenvalue weighted by atomic mass is 10.2. The van der Waals surface area contributed by atoms with Crippen molar-refractivity contribution >= 4 is 5.91 Å². The Hall–Kier alpha value is -1.85. The predicted molar refractivity (Wildman–Crippen MR) is 35.7 cm³/mol. The molecule has 2 rings (SSSR count). The summed E-state index contributed by atoms with van der Waals surface area (Å²) in [4.78, 5) is 15.6. The molecule has 0 saturated carbocycles. The molecule has 0 saturated heterocycles. The van der Waals surface area contributed by atoms with Crippen molar-refractivity contribution in [2.45, 2.75) is 6.10 Å². The van der Waals surface area contributed by atoms with Gasteiger partial charge in [0.2, 0.25) is 0 Å². The van der Waals surface area contributed by atoms with E-state index < -0.39 is 12.0 Å². The molecule has 1 unspecified atom stereocenters. The Kier molecular flexibility index (Phi) is 1.51. The fourth-order valence-electron chi connectivity index (χ4n) is 0.842. The molecule has 6 heteroatoms. The van der Waals surface area contributed by atoms with Crippen molar-refractivity contribution in [3.63, 3.8) is 0 Å². The van der Waals surface area contributed by atoms with E-state index in [4.69, 9.17) is 0 Å². The van der Waals surface area contributed by atoms with Crippen LogP contribution in [0.15, 0.2) is 28.7 Å². The van der Waals surface area contributed by atoms with E-state index in [0.29, 0.717) is 5.69 Å². The average Bonchev–Trinajstić information content (AvgIpc) is 2.53. The maximum atomic E-state index is 10.9. The van der Waals surface area contributed by atoms with E-state index in [1.807, 2.05) is 0 Å². The van der Waals surface area contributed by atoms with Gasteiger partial charge in [-0.3, -0.25) is 4.79 Å². The highest BCUT2D eigenvalue weighted by molar-refractivity contribution is 5.82. The molecule has 0 aromatic carbocycles. The van der Waals surface area contributed by atoms with E-state index in [2.05, 4.69) is 25.4 Å². The van der Waals surface area contributed by atoms with Crippen LogP contribution in [0.4, 0.5) is 0 Å². The van der Waals surface area contributed by atoms with Crippen LogP contribution in [0.5, 0.6) is 0 Å². The molecule has 0 bridgehead atoms. The molecule has 2 heterocycles. The molecule has 6 nitrogen and oxygen atoms in total. The number of carbonyl (C=O) groups excluding carboxylic acids is 1. The van der Waals surface area contributed by atoms with Gasteiger partial charge in [0.25, 0.3) is 6.10 Å². The van der Waals surface area contributed by atoms with Gasteiger partial charge < -0.3 is 4.84 Å². The van der Waals surface area contributed by atoms with Crippen LogP contribution < -0.4 is 0 Å². The molecule has 0 fully saturated rings. The number of aromatic nitrogens is 2. The standard InChI is InChI=1S/C6H4N4O2/c11-6-5(12-10-9-6)4-2-1-3-7-8-4/h1-3,5H. The number of nitrogens with zero attached hydrogens (tertiary/aromatic N) is 4. The average molecular weight is 164 g/mol. The van der Waals surface area contributed by atoms with Crippen molar-refractivity contribution in [3.8, 4) is 0 Å². The first-order valence-corrected chi connectivity index (χ1v) is 3.26. The highest BCUT2D eigenvalue weighted by Crippen LogP contribution is 2.21.